The van der Waals surface area contributed by atoms with Crippen molar-refractivity contribution < 1.29 is 9.90 Å². The molecule has 20 heavy (non-hydrogen) atoms. The first kappa shape index (κ1) is 14.1. The second-order valence-electron chi connectivity index (χ2n) is 4.13. The predicted octanol–water partition coefficient (Wildman–Crippen LogP) is 3.28. The number of carboxylic acids is 1. The fourth-order valence-corrected chi connectivity index (χ4v) is 1.89. The number of amidine groups is 1. The first-order chi connectivity index (χ1) is 9.61. The maximum atomic E-state index is 11.2. The molecule has 0 heterocycles. The highest BCUT2D eigenvalue weighted by Gasteiger charge is 2.10. The zero-order valence-corrected chi connectivity index (χ0v) is 11.3. The van der Waals surface area contributed by atoms with Crippen LogP contribution in [0.5, 0.6) is 0 Å². The van der Waals surface area contributed by atoms with Gasteiger partial charge in [-0.3, -0.25) is 0 Å². The molecule has 0 radical (unpaired) electrons. The van der Waals surface area contributed by atoms with Crippen molar-refractivity contribution in [2.24, 2.45) is 10.7 Å². The minimum absolute atomic E-state index is 0.170. The molecule has 2 aromatic carbocycles. The van der Waals surface area contributed by atoms with E-state index < -0.39 is 5.97 Å². The summed E-state index contributed by atoms with van der Waals surface area (Å²) in [7, 11) is 0. The number of aliphatic imine (C=N–C) groups is 1. The molecule has 5 heteroatoms. The van der Waals surface area contributed by atoms with E-state index in [0.717, 1.165) is 5.56 Å². The summed E-state index contributed by atoms with van der Waals surface area (Å²) in [5.74, 6) is -0.441. The molecule has 0 aromatic heterocycles. The molecule has 2 aromatic rings. The number of nitrogens with zero attached hydrogens (tertiary/aromatic N) is 1. The number of rotatable bonds is 4. The fraction of sp³-hybridized carbons (Fsp3) is 0.0667. The van der Waals surface area contributed by atoms with Crippen molar-refractivity contribution in [1.82, 2.24) is 0 Å². The summed E-state index contributed by atoms with van der Waals surface area (Å²) in [6.45, 7) is 0. The Balaban J connectivity index is 2.38. The van der Waals surface area contributed by atoms with Crippen LogP contribution in [-0.2, 0) is 0 Å². The Morgan fingerprint density at radius 3 is 2.40 bits per heavy atom. The van der Waals surface area contributed by atoms with Crippen LogP contribution < -0.4 is 5.73 Å². The monoisotopic (exact) mass is 288 g/mol. The highest BCUT2D eigenvalue weighted by molar-refractivity contribution is 6.28. The van der Waals surface area contributed by atoms with Crippen LogP contribution in [0.3, 0.4) is 0 Å². The fourth-order valence-electron chi connectivity index (χ4n) is 1.83. The summed E-state index contributed by atoms with van der Waals surface area (Å²) < 4.78 is 0. The Bertz CT molecular complexity index is 651. The molecular weight excluding hydrogens is 276 g/mol. The number of aromatic carboxylic acids is 1. The van der Waals surface area contributed by atoms with E-state index >= 15 is 0 Å². The smallest absolute Gasteiger partial charge is 0.336 e. The van der Waals surface area contributed by atoms with E-state index in [1.54, 1.807) is 36.4 Å². The number of carbonyl (C=O) groups is 1. The van der Waals surface area contributed by atoms with Crippen molar-refractivity contribution in [2.75, 3.05) is 5.88 Å². The van der Waals surface area contributed by atoms with Crippen LogP contribution in [0.4, 0.5) is 5.69 Å². The Kier molecular flexibility index (Phi) is 4.38. The third kappa shape index (κ3) is 3.16. The van der Waals surface area contributed by atoms with E-state index in [2.05, 4.69) is 4.99 Å². The second kappa shape index (κ2) is 6.21. The molecule has 0 saturated carbocycles. The SMILES string of the molecule is NC(CCl)=Nc1ccc(-c2ccccc2C(=O)O)cc1. The Hall–Kier alpha value is -2.33. The van der Waals surface area contributed by atoms with Gasteiger partial charge < -0.3 is 10.8 Å². The second-order valence-corrected chi connectivity index (χ2v) is 4.40. The van der Waals surface area contributed by atoms with Crippen molar-refractivity contribution in [3.63, 3.8) is 0 Å². The molecule has 0 amide bonds. The zero-order chi connectivity index (χ0) is 14.5. The van der Waals surface area contributed by atoms with Crippen molar-refractivity contribution >= 4 is 29.1 Å². The van der Waals surface area contributed by atoms with Crippen LogP contribution in [-0.4, -0.2) is 22.8 Å². The van der Waals surface area contributed by atoms with Gasteiger partial charge in [-0.05, 0) is 29.3 Å². The molecule has 0 aliphatic heterocycles. The molecule has 0 atom stereocenters. The molecule has 0 bridgehead atoms. The lowest BCUT2D eigenvalue weighted by Crippen LogP contribution is -2.12. The standard InChI is InChI=1S/C15H13ClN2O2/c16-9-14(17)18-11-7-5-10(6-8-11)12-3-1-2-4-13(12)15(19)20/h1-8H,9H2,(H2,17,18)(H,19,20). The van der Waals surface area contributed by atoms with Crippen LogP contribution in [0.25, 0.3) is 11.1 Å². The van der Waals surface area contributed by atoms with Gasteiger partial charge in [0, 0.05) is 0 Å². The quantitative estimate of drug-likeness (QED) is 0.515. The minimum atomic E-state index is -0.950. The zero-order valence-electron chi connectivity index (χ0n) is 10.6. The van der Waals surface area contributed by atoms with Gasteiger partial charge in [0.2, 0.25) is 0 Å². The highest BCUT2D eigenvalue weighted by Crippen LogP contribution is 2.26. The third-order valence-electron chi connectivity index (χ3n) is 2.75. The lowest BCUT2D eigenvalue weighted by molar-refractivity contribution is 0.0697. The summed E-state index contributed by atoms with van der Waals surface area (Å²) in [6.07, 6.45) is 0. The van der Waals surface area contributed by atoms with Crippen molar-refractivity contribution in [3.05, 3.63) is 54.1 Å². The van der Waals surface area contributed by atoms with E-state index in [-0.39, 0.29) is 11.4 Å². The largest absolute Gasteiger partial charge is 0.478 e. The third-order valence-corrected chi connectivity index (χ3v) is 3.02. The van der Waals surface area contributed by atoms with Gasteiger partial charge in [0.25, 0.3) is 0 Å². The van der Waals surface area contributed by atoms with E-state index in [4.69, 9.17) is 17.3 Å². The summed E-state index contributed by atoms with van der Waals surface area (Å²) in [5, 5.41) is 9.18. The van der Waals surface area contributed by atoms with Gasteiger partial charge >= 0.3 is 5.97 Å². The highest BCUT2D eigenvalue weighted by atomic mass is 35.5. The van der Waals surface area contributed by atoms with Crippen LogP contribution >= 0.6 is 11.6 Å². The summed E-state index contributed by atoms with van der Waals surface area (Å²) in [6, 6.07) is 14.0. The normalized spacial score (nSPS) is 11.3. The lowest BCUT2D eigenvalue weighted by Gasteiger charge is -2.06. The van der Waals surface area contributed by atoms with E-state index in [9.17, 15) is 9.90 Å². The molecule has 4 nitrogen and oxygen atoms in total. The Morgan fingerprint density at radius 2 is 1.80 bits per heavy atom. The molecule has 102 valence electrons. The maximum Gasteiger partial charge on any atom is 0.336 e. The van der Waals surface area contributed by atoms with Gasteiger partial charge in [-0.25, -0.2) is 9.79 Å². The summed E-state index contributed by atoms with van der Waals surface area (Å²) in [4.78, 5) is 15.3. The van der Waals surface area contributed by atoms with Crippen LogP contribution in [0.15, 0.2) is 53.5 Å². The molecule has 0 unspecified atom stereocenters. The van der Waals surface area contributed by atoms with Crippen LogP contribution in [0.1, 0.15) is 10.4 Å². The molecular formula is C15H13ClN2O2. The van der Waals surface area contributed by atoms with Crippen LogP contribution in [0, 0.1) is 0 Å². The van der Waals surface area contributed by atoms with Gasteiger partial charge in [-0.15, -0.1) is 11.6 Å². The molecule has 0 fully saturated rings. The number of nitrogens with two attached hydrogens (primary N) is 1. The predicted molar refractivity (Wildman–Crippen MR) is 80.8 cm³/mol. The number of alkyl halides is 1. The summed E-state index contributed by atoms with van der Waals surface area (Å²) in [5.41, 5.74) is 7.99. The van der Waals surface area contributed by atoms with Crippen LogP contribution in [0.2, 0.25) is 0 Å². The van der Waals surface area contributed by atoms with Gasteiger partial charge in [0.1, 0.15) is 5.84 Å². The van der Waals surface area contributed by atoms with E-state index in [1.165, 1.54) is 0 Å². The van der Waals surface area contributed by atoms with Crippen molar-refractivity contribution in [3.8, 4) is 11.1 Å². The molecule has 2 rings (SSSR count). The van der Waals surface area contributed by atoms with Crippen molar-refractivity contribution in [1.29, 1.82) is 0 Å². The van der Waals surface area contributed by atoms with E-state index in [0.29, 0.717) is 17.1 Å². The molecule has 0 spiro atoms. The number of benzene rings is 2. The van der Waals surface area contributed by atoms with E-state index in [1.807, 2.05) is 12.1 Å². The molecule has 0 aliphatic rings. The number of hydrogen-bond donors (Lipinski definition) is 2. The Morgan fingerprint density at radius 1 is 1.15 bits per heavy atom. The van der Waals surface area contributed by atoms with Gasteiger partial charge in [-0.2, -0.15) is 0 Å². The minimum Gasteiger partial charge on any atom is -0.478 e. The number of hydrogen-bond acceptors (Lipinski definition) is 2. The first-order valence-corrected chi connectivity index (χ1v) is 6.47. The first-order valence-electron chi connectivity index (χ1n) is 5.93. The number of halogens is 1. The van der Waals surface area contributed by atoms with Gasteiger partial charge in [0.15, 0.2) is 0 Å². The number of carboxylic acid groups (broad SMARTS) is 1. The van der Waals surface area contributed by atoms with Crippen molar-refractivity contribution in [2.45, 2.75) is 0 Å². The maximum absolute atomic E-state index is 11.2. The van der Waals surface area contributed by atoms with Gasteiger partial charge in [-0.1, -0.05) is 30.3 Å². The lowest BCUT2D eigenvalue weighted by atomic mass is 9.99. The molecule has 0 saturated heterocycles. The average molecular weight is 289 g/mol. The molecule has 3 N–H and O–H groups in total. The summed E-state index contributed by atoms with van der Waals surface area (Å²) >= 11 is 5.56. The van der Waals surface area contributed by atoms with Gasteiger partial charge in [0.05, 0.1) is 17.1 Å². The Labute approximate surface area is 121 Å². The average Bonchev–Trinajstić information content (AvgIpc) is 2.48. The molecule has 0 aliphatic carbocycles. The topological polar surface area (TPSA) is 75.7 Å².